The van der Waals surface area contributed by atoms with Gasteiger partial charge in [0.05, 0.1) is 5.92 Å². The van der Waals surface area contributed by atoms with Crippen LogP contribution in [0, 0.1) is 29.1 Å². The number of allylic oxidation sites excluding steroid dienone is 2. The molecule has 0 amide bonds. The summed E-state index contributed by atoms with van der Waals surface area (Å²) in [6.45, 7) is 6.70. The number of hydrogen-bond donors (Lipinski definition) is 0. The first kappa shape index (κ1) is 11.3. The fourth-order valence-electron chi connectivity index (χ4n) is 4.43. The molecule has 1 saturated carbocycles. The number of carbonyl (C=O) groups excluding carboxylic acids is 1. The summed E-state index contributed by atoms with van der Waals surface area (Å²) >= 11 is 0. The summed E-state index contributed by atoms with van der Waals surface area (Å²) < 4.78 is 5.71. The molecule has 0 radical (unpaired) electrons. The lowest BCUT2D eigenvalue weighted by Gasteiger charge is -2.49. The maximum atomic E-state index is 11.8. The van der Waals surface area contributed by atoms with Crippen LogP contribution in [0.2, 0.25) is 0 Å². The summed E-state index contributed by atoms with van der Waals surface area (Å²) in [5.74, 6) is 1.78. The van der Waals surface area contributed by atoms with Crippen molar-refractivity contribution in [2.75, 3.05) is 0 Å². The first-order valence-electron chi connectivity index (χ1n) is 6.91. The highest BCUT2D eigenvalue weighted by Crippen LogP contribution is 2.55. The predicted molar refractivity (Wildman–Crippen MR) is 66.3 cm³/mol. The number of ether oxygens (including phenoxy) is 1. The van der Waals surface area contributed by atoms with E-state index in [0.29, 0.717) is 17.8 Å². The molecule has 0 bridgehead atoms. The molecule has 2 aliphatic carbocycles. The second-order valence-corrected chi connectivity index (χ2v) is 6.54. The van der Waals surface area contributed by atoms with Gasteiger partial charge in [-0.15, -0.1) is 0 Å². The molecule has 0 unspecified atom stereocenters. The van der Waals surface area contributed by atoms with Gasteiger partial charge < -0.3 is 4.74 Å². The first-order chi connectivity index (χ1) is 8.03. The minimum Gasteiger partial charge on any atom is -0.461 e. The van der Waals surface area contributed by atoms with E-state index in [4.69, 9.17) is 4.74 Å². The highest BCUT2D eigenvalue weighted by atomic mass is 16.6. The molecule has 6 atom stereocenters. The molecule has 1 heterocycles. The second kappa shape index (κ2) is 3.60. The average molecular weight is 234 g/mol. The van der Waals surface area contributed by atoms with E-state index in [2.05, 4.69) is 26.0 Å². The number of carbonyl (C=O) groups is 1. The fraction of sp³-hybridized carbons (Fsp3) is 0.800. The molecule has 2 heteroatoms. The topological polar surface area (TPSA) is 26.3 Å². The SMILES string of the molecule is C[C@@H]1C(=O)O[C@H]2[C@H]1CC[C@@]1(C)C=CC[C@H](C)[C@H]21. The Hall–Kier alpha value is -0.790. The van der Waals surface area contributed by atoms with Gasteiger partial charge in [-0.1, -0.05) is 32.9 Å². The van der Waals surface area contributed by atoms with Gasteiger partial charge in [0, 0.05) is 11.8 Å². The van der Waals surface area contributed by atoms with Gasteiger partial charge in [0.15, 0.2) is 0 Å². The van der Waals surface area contributed by atoms with Crippen molar-refractivity contribution in [1.82, 2.24) is 0 Å². The molecule has 0 aromatic carbocycles. The van der Waals surface area contributed by atoms with Crippen molar-refractivity contribution in [1.29, 1.82) is 0 Å². The third kappa shape index (κ3) is 1.49. The summed E-state index contributed by atoms with van der Waals surface area (Å²) in [6.07, 6.45) is 8.36. The number of hydrogen-bond acceptors (Lipinski definition) is 2. The molecule has 1 saturated heterocycles. The van der Waals surface area contributed by atoms with E-state index in [-0.39, 0.29) is 23.4 Å². The Balaban J connectivity index is 1.96. The molecular formula is C15H22O2. The Labute approximate surface area is 103 Å². The molecule has 0 aromatic heterocycles. The minimum absolute atomic E-state index is 0.0333. The van der Waals surface area contributed by atoms with Crippen LogP contribution < -0.4 is 0 Å². The molecule has 0 spiro atoms. The van der Waals surface area contributed by atoms with Gasteiger partial charge in [-0.3, -0.25) is 4.79 Å². The zero-order chi connectivity index (χ0) is 12.2. The highest BCUT2D eigenvalue weighted by molar-refractivity contribution is 5.75. The largest absolute Gasteiger partial charge is 0.461 e. The van der Waals surface area contributed by atoms with Gasteiger partial charge in [-0.25, -0.2) is 0 Å². The lowest BCUT2D eigenvalue weighted by molar-refractivity contribution is -0.149. The Bertz CT molecular complexity index is 373. The van der Waals surface area contributed by atoms with Crippen molar-refractivity contribution in [3.63, 3.8) is 0 Å². The summed E-state index contributed by atoms with van der Waals surface area (Å²) in [4.78, 5) is 11.8. The second-order valence-electron chi connectivity index (χ2n) is 6.54. The maximum absolute atomic E-state index is 11.8. The Morgan fingerprint density at radius 1 is 1.41 bits per heavy atom. The van der Waals surface area contributed by atoms with Gasteiger partial charge in [0.2, 0.25) is 0 Å². The van der Waals surface area contributed by atoms with Crippen molar-refractivity contribution < 1.29 is 9.53 Å². The van der Waals surface area contributed by atoms with Crippen LogP contribution in [-0.2, 0) is 9.53 Å². The first-order valence-corrected chi connectivity index (χ1v) is 6.91. The zero-order valence-corrected chi connectivity index (χ0v) is 11.0. The molecule has 1 aliphatic heterocycles. The average Bonchev–Trinajstić information content (AvgIpc) is 2.54. The lowest BCUT2D eigenvalue weighted by atomic mass is 9.55. The van der Waals surface area contributed by atoms with Gasteiger partial charge in [0.25, 0.3) is 0 Å². The number of esters is 1. The normalized spacial score (nSPS) is 52.9. The summed E-state index contributed by atoms with van der Waals surface area (Å²) in [5.41, 5.74) is 0.253. The van der Waals surface area contributed by atoms with Crippen LogP contribution in [-0.4, -0.2) is 12.1 Å². The maximum Gasteiger partial charge on any atom is 0.309 e. The van der Waals surface area contributed by atoms with Gasteiger partial charge in [0.1, 0.15) is 6.10 Å². The van der Waals surface area contributed by atoms with E-state index in [0.717, 1.165) is 12.8 Å². The Morgan fingerprint density at radius 3 is 2.94 bits per heavy atom. The van der Waals surface area contributed by atoms with Crippen molar-refractivity contribution >= 4 is 5.97 Å². The number of fused-ring (bicyclic) bond motifs is 3. The molecule has 3 rings (SSSR count). The molecule has 0 N–H and O–H groups in total. The molecule has 0 aromatic rings. The highest BCUT2D eigenvalue weighted by Gasteiger charge is 2.55. The molecular weight excluding hydrogens is 212 g/mol. The molecule has 94 valence electrons. The van der Waals surface area contributed by atoms with E-state index < -0.39 is 0 Å². The third-order valence-electron chi connectivity index (χ3n) is 5.44. The van der Waals surface area contributed by atoms with Crippen LogP contribution in [0.25, 0.3) is 0 Å². The Kier molecular flexibility index (Phi) is 2.39. The molecule has 2 nitrogen and oxygen atoms in total. The van der Waals surface area contributed by atoms with E-state index in [9.17, 15) is 4.79 Å². The van der Waals surface area contributed by atoms with E-state index in [1.54, 1.807) is 0 Å². The summed E-state index contributed by atoms with van der Waals surface area (Å²) in [7, 11) is 0. The van der Waals surface area contributed by atoms with Crippen LogP contribution in [0.4, 0.5) is 0 Å². The quantitative estimate of drug-likeness (QED) is 0.475. The molecule has 2 fully saturated rings. The van der Waals surface area contributed by atoms with Crippen LogP contribution in [0.15, 0.2) is 12.2 Å². The van der Waals surface area contributed by atoms with Gasteiger partial charge >= 0.3 is 5.97 Å². The van der Waals surface area contributed by atoms with Crippen molar-refractivity contribution in [2.45, 2.75) is 46.1 Å². The standard InChI is InChI=1S/C15H22O2/c1-9-5-4-7-15(3)8-6-11-10(2)14(16)17-13(11)12(9)15/h4,7,9-13H,5-6,8H2,1-3H3/t9-,10-,11-,12+,13-,15+/m0/s1. The Morgan fingerprint density at radius 2 is 2.18 bits per heavy atom. The lowest BCUT2D eigenvalue weighted by Crippen LogP contribution is -2.48. The predicted octanol–water partition coefficient (Wildman–Crippen LogP) is 3.18. The van der Waals surface area contributed by atoms with E-state index in [1.165, 1.54) is 6.42 Å². The van der Waals surface area contributed by atoms with Gasteiger partial charge in [-0.2, -0.15) is 0 Å². The summed E-state index contributed by atoms with van der Waals surface area (Å²) in [5, 5.41) is 0. The van der Waals surface area contributed by atoms with Crippen LogP contribution >= 0.6 is 0 Å². The van der Waals surface area contributed by atoms with E-state index >= 15 is 0 Å². The van der Waals surface area contributed by atoms with Gasteiger partial charge in [-0.05, 0) is 30.6 Å². The van der Waals surface area contributed by atoms with Crippen LogP contribution in [0.5, 0.6) is 0 Å². The third-order valence-corrected chi connectivity index (χ3v) is 5.44. The van der Waals surface area contributed by atoms with Crippen molar-refractivity contribution in [2.24, 2.45) is 29.1 Å². The van der Waals surface area contributed by atoms with Crippen LogP contribution in [0.3, 0.4) is 0 Å². The monoisotopic (exact) mass is 234 g/mol. The van der Waals surface area contributed by atoms with Crippen LogP contribution in [0.1, 0.15) is 40.0 Å². The smallest absolute Gasteiger partial charge is 0.309 e. The van der Waals surface area contributed by atoms with Crippen molar-refractivity contribution in [3.05, 3.63) is 12.2 Å². The summed E-state index contributed by atoms with van der Waals surface area (Å²) in [6, 6.07) is 0. The molecule has 17 heavy (non-hydrogen) atoms. The minimum atomic E-state index is 0.0333. The number of rotatable bonds is 0. The van der Waals surface area contributed by atoms with Crippen molar-refractivity contribution in [3.8, 4) is 0 Å². The molecule has 3 aliphatic rings. The van der Waals surface area contributed by atoms with E-state index in [1.807, 2.05) is 6.92 Å². The fourth-order valence-corrected chi connectivity index (χ4v) is 4.43. The zero-order valence-electron chi connectivity index (χ0n) is 11.0.